The topological polar surface area (TPSA) is 29.5 Å². The summed E-state index contributed by atoms with van der Waals surface area (Å²) < 4.78 is 18.3. The van der Waals surface area contributed by atoms with Gasteiger partial charge in [-0.2, -0.15) is 0 Å². The Kier molecular flexibility index (Phi) is 1.97. The molecule has 3 heteroatoms. The second kappa shape index (κ2) is 2.47. The van der Waals surface area contributed by atoms with Crippen LogP contribution >= 0.6 is 0 Å². The van der Waals surface area contributed by atoms with Gasteiger partial charge in [0.05, 0.1) is 18.8 Å². The summed E-state index contributed by atoms with van der Waals surface area (Å²) in [7, 11) is 0. The Bertz CT molecular complexity index is 125. The molecule has 1 heterocycles. The summed E-state index contributed by atoms with van der Waals surface area (Å²) in [6, 6.07) is 0. The van der Waals surface area contributed by atoms with Gasteiger partial charge in [-0.1, -0.05) is 0 Å². The molecule has 3 atom stereocenters. The largest absolute Gasteiger partial charge is 0.394 e. The van der Waals surface area contributed by atoms with E-state index in [9.17, 15) is 4.39 Å². The van der Waals surface area contributed by atoms with Gasteiger partial charge in [-0.3, -0.25) is 0 Å². The molecule has 10 heavy (non-hydrogen) atoms. The summed E-state index contributed by atoms with van der Waals surface area (Å²) in [5.74, 6) is 0. The first-order chi connectivity index (χ1) is 4.56. The molecule has 1 fully saturated rings. The summed E-state index contributed by atoms with van der Waals surface area (Å²) >= 11 is 0. The molecule has 1 rings (SSSR count). The molecule has 1 saturated heterocycles. The van der Waals surface area contributed by atoms with E-state index in [-0.39, 0.29) is 18.8 Å². The molecule has 0 aliphatic carbocycles. The van der Waals surface area contributed by atoms with E-state index in [0.29, 0.717) is 6.42 Å². The molecule has 0 aromatic carbocycles. The van der Waals surface area contributed by atoms with Crippen LogP contribution in [0.5, 0.6) is 0 Å². The van der Waals surface area contributed by atoms with Crippen LogP contribution in [-0.4, -0.2) is 29.6 Å². The van der Waals surface area contributed by atoms with E-state index >= 15 is 0 Å². The number of rotatable bonds is 1. The Morgan fingerprint density at radius 2 is 2.40 bits per heavy atom. The number of ether oxygens (including phenoxy) is 1. The number of aliphatic hydroxyl groups is 1. The van der Waals surface area contributed by atoms with E-state index in [1.165, 1.54) is 6.92 Å². The van der Waals surface area contributed by atoms with Crippen LogP contribution in [0.2, 0.25) is 0 Å². The van der Waals surface area contributed by atoms with Gasteiger partial charge in [0.25, 0.3) is 0 Å². The van der Waals surface area contributed by atoms with Crippen molar-refractivity contribution in [3.8, 4) is 0 Å². The fraction of sp³-hybridized carbons (Fsp3) is 1.00. The smallest absolute Gasteiger partial charge is 0.136 e. The van der Waals surface area contributed by atoms with Crippen molar-refractivity contribution in [2.45, 2.75) is 38.1 Å². The third-order valence-electron chi connectivity index (χ3n) is 2.07. The van der Waals surface area contributed by atoms with Crippen molar-refractivity contribution < 1.29 is 14.2 Å². The van der Waals surface area contributed by atoms with Crippen LogP contribution in [0.3, 0.4) is 0 Å². The minimum absolute atomic E-state index is 0.0795. The highest BCUT2D eigenvalue weighted by Gasteiger charge is 2.42. The normalized spacial score (nSPS) is 48.0. The summed E-state index contributed by atoms with van der Waals surface area (Å²) in [5.41, 5.74) is -1.26. The molecule has 0 radical (unpaired) electrons. The van der Waals surface area contributed by atoms with Gasteiger partial charge in [-0.05, 0) is 13.8 Å². The molecular formula is C7H13FO2. The van der Waals surface area contributed by atoms with Gasteiger partial charge in [-0.15, -0.1) is 0 Å². The zero-order chi connectivity index (χ0) is 7.78. The number of aliphatic hydroxyl groups excluding tert-OH is 1. The lowest BCUT2D eigenvalue weighted by Gasteiger charge is -2.15. The average molecular weight is 148 g/mol. The molecule has 0 aromatic rings. The van der Waals surface area contributed by atoms with E-state index in [2.05, 4.69) is 0 Å². The maximum absolute atomic E-state index is 13.2. The van der Waals surface area contributed by atoms with Gasteiger partial charge in [0.2, 0.25) is 0 Å². The van der Waals surface area contributed by atoms with Crippen LogP contribution in [0.1, 0.15) is 20.3 Å². The van der Waals surface area contributed by atoms with Crippen LogP contribution in [0, 0.1) is 0 Å². The standard InChI is InChI=1S/C7H13FO2/c1-5-7(2,8)3-6(4-9)10-5/h5-6,9H,3-4H2,1-2H3/t5-,6-,7+/m0/s1. The van der Waals surface area contributed by atoms with E-state index in [0.717, 1.165) is 0 Å². The first-order valence-electron chi connectivity index (χ1n) is 3.51. The predicted octanol–water partition coefficient (Wildman–Crippen LogP) is 0.884. The second-order valence-corrected chi connectivity index (χ2v) is 3.07. The Hall–Kier alpha value is -0.150. The highest BCUT2D eigenvalue weighted by Crippen LogP contribution is 2.33. The third kappa shape index (κ3) is 1.30. The second-order valence-electron chi connectivity index (χ2n) is 3.07. The molecule has 0 saturated carbocycles. The SMILES string of the molecule is C[C@@H]1O[C@H](CO)C[C@@]1(C)F. The Labute approximate surface area is 60.0 Å². The van der Waals surface area contributed by atoms with Gasteiger partial charge in [0.15, 0.2) is 0 Å². The molecule has 1 aliphatic rings. The van der Waals surface area contributed by atoms with Crippen molar-refractivity contribution in [3.63, 3.8) is 0 Å². The van der Waals surface area contributed by atoms with Crippen LogP contribution in [0.25, 0.3) is 0 Å². The molecule has 0 unspecified atom stereocenters. The Morgan fingerprint density at radius 3 is 2.60 bits per heavy atom. The quantitative estimate of drug-likeness (QED) is 0.598. The van der Waals surface area contributed by atoms with E-state index < -0.39 is 5.67 Å². The molecule has 1 N–H and O–H groups in total. The first-order valence-corrected chi connectivity index (χ1v) is 3.51. The van der Waals surface area contributed by atoms with Gasteiger partial charge < -0.3 is 9.84 Å². The van der Waals surface area contributed by atoms with Crippen molar-refractivity contribution in [1.82, 2.24) is 0 Å². The molecule has 2 nitrogen and oxygen atoms in total. The highest BCUT2D eigenvalue weighted by atomic mass is 19.1. The maximum Gasteiger partial charge on any atom is 0.136 e. The van der Waals surface area contributed by atoms with E-state index in [4.69, 9.17) is 9.84 Å². The van der Waals surface area contributed by atoms with E-state index in [1.807, 2.05) is 0 Å². The predicted molar refractivity (Wildman–Crippen MR) is 35.6 cm³/mol. The summed E-state index contributed by atoms with van der Waals surface area (Å²) in [6.45, 7) is 3.12. The Balaban J connectivity index is 2.53. The zero-order valence-electron chi connectivity index (χ0n) is 6.30. The van der Waals surface area contributed by atoms with E-state index in [1.54, 1.807) is 6.92 Å². The lowest BCUT2D eigenvalue weighted by molar-refractivity contribution is -0.00422. The van der Waals surface area contributed by atoms with Crippen LogP contribution in [-0.2, 0) is 4.74 Å². The minimum Gasteiger partial charge on any atom is -0.394 e. The maximum atomic E-state index is 13.2. The fourth-order valence-electron chi connectivity index (χ4n) is 1.20. The van der Waals surface area contributed by atoms with Gasteiger partial charge in [0, 0.05) is 6.42 Å². The number of halogens is 1. The fourth-order valence-corrected chi connectivity index (χ4v) is 1.20. The first kappa shape index (κ1) is 7.95. The lowest BCUT2D eigenvalue weighted by atomic mass is 10.00. The van der Waals surface area contributed by atoms with Gasteiger partial charge in [0.1, 0.15) is 5.67 Å². The minimum atomic E-state index is -1.26. The zero-order valence-corrected chi connectivity index (χ0v) is 6.30. The van der Waals surface area contributed by atoms with Gasteiger partial charge in [-0.25, -0.2) is 4.39 Å². The van der Waals surface area contributed by atoms with Crippen molar-refractivity contribution >= 4 is 0 Å². The monoisotopic (exact) mass is 148 g/mol. The van der Waals surface area contributed by atoms with Crippen molar-refractivity contribution in [2.24, 2.45) is 0 Å². The molecule has 0 amide bonds. The summed E-state index contributed by atoms with van der Waals surface area (Å²) in [4.78, 5) is 0. The van der Waals surface area contributed by atoms with Crippen LogP contribution in [0.4, 0.5) is 4.39 Å². The van der Waals surface area contributed by atoms with Crippen LogP contribution < -0.4 is 0 Å². The number of alkyl halides is 1. The molecule has 60 valence electrons. The molecule has 1 aliphatic heterocycles. The van der Waals surface area contributed by atoms with Crippen molar-refractivity contribution in [2.75, 3.05) is 6.61 Å². The Morgan fingerprint density at radius 1 is 1.80 bits per heavy atom. The number of hydrogen-bond donors (Lipinski definition) is 1. The molecule has 0 spiro atoms. The summed E-state index contributed by atoms with van der Waals surface area (Å²) in [6.07, 6.45) is -0.375. The average Bonchev–Trinajstić information content (AvgIpc) is 2.08. The number of hydrogen-bond acceptors (Lipinski definition) is 2. The van der Waals surface area contributed by atoms with Gasteiger partial charge >= 0.3 is 0 Å². The molecular weight excluding hydrogens is 135 g/mol. The van der Waals surface area contributed by atoms with Crippen LogP contribution in [0.15, 0.2) is 0 Å². The molecule has 0 bridgehead atoms. The van der Waals surface area contributed by atoms with Crippen molar-refractivity contribution in [1.29, 1.82) is 0 Å². The highest BCUT2D eigenvalue weighted by molar-refractivity contribution is 4.90. The molecule has 0 aromatic heterocycles. The lowest BCUT2D eigenvalue weighted by Crippen LogP contribution is -2.26. The summed E-state index contributed by atoms with van der Waals surface area (Å²) in [5, 5.41) is 8.62. The third-order valence-corrected chi connectivity index (χ3v) is 2.07. The van der Waals surface area contributed by atoms with Crippen molar-refractivity contribution in [3.05, 3.63) is 0 Å².